The lowest BCUT2D eigenvalue weighted by Gasteiger charge is -2.37. The molecule has 1 aliphatic carbocycles. The Morgan fingerprint density at radius 3 is 2.70 bits per heavy atom. The van der Waals surface area contributed by atoms with Gasteiger partial charge in [-0.1, -0.05) is 18.9 Å². The standard InChI is InChI=1S/C14H21NO3S2/c1-15(14(16)10-11-6-5-9-19-11)12-7-3-4-8-13(12)20(2,17)18/h5-6,9,12-13H,3-4,7-8,10H2,1-2H3/t12-,13-/m1/s1. The van der Waals surface area contributed by atoms with Crippen LogP contribution in [0.3, 0.4) is 0 Å². The van der Waals surface area contributed by atoms with Crippen LogP contribution in [0.5, 0.6) is 0 Å². The quantitative estimate of drug-likeness (QED) is 0.855. The summed E-state index contributed by atoms with van der Waals surface area (Å²) in [6.07, 6.45) is 5.02. The summed E-state index contributed by atoms with van der Waals surface area (Å²) in [4.78, 5) is 15.0. The van der Waals surface area contributed by atoms with Gasteiger partial charge in [-0.05, 0) is 24.3 Å². The number of thiophene rings is 1. The van der Waals surface area contributed by atoms with E-state index in [1.165, 1.54) is 6.26 Å². The minimum atomic E-state index is -3.11. The van der Waals surface area contributed by atoms with Gasteiger partial charge in [0.25, 0.3) is 0 Å². The van der Waals surface area contributed by atoms with E-state index in [4.69, 9.17) is 0 Å². The van der Waals surface area contributed by atoms with Crippen molar-refractivity contribution in [3.63, 3.8) is 0 Å². The molecule has 1 amide bonds. The Kier molecular flexibility index (Phi) is 4.86. The van der Waals surface area contributed by atoms with Gasteiger partial charge in [0.15, 0.2) is 9.84 Å². The number of carbonyl (C=O) groups is 1. The van der Waals surface area contributed by atoms with E-state index in [0.29, 0.717) is 12.8 Å². The van der Waals surface area contributed by atoms with Crippen molar-refractivity contribution in [1.82, 2.24) is 4.90 Å². The van der Waals surface area contributed by atoms with Crippen molar-refractivity contribution in [2.45, 2.75) is 43.4 Å². The summed E-state index contributed by atoms with van der Waals surface area (Å²) in [6.45, 7) is 0. The molecule has 1 aromatic heterocycles. The van der Waals surface area contributed by atoms with Crippen LogP contribution >= 0.6 is 11.3 Å². The first kappa shape index (κ1) is 15.5. The van der Waals surface area contributed by atoms with Gasteiger partial charge in [0.2, 0.25) is 5.91 Å². The van der Waals surface area contributed by atoms with Gasteiger partial charge >= 0.3 is 0 Å². The largest absolute Gasteiger partial charge is 0.341 e. The molecule has 0 aliphatic heterocycles. The van der Waals surface area contributed by atoms with Gasteiger partial charge in [-0.25, -0.2) is 8.42 Å². The molecule has 0 radical (unpaired) electrons. The summed E-state index contributed by atoms with van der Waals surface area (Å²) in [7, 11) is -1.37. The maximum Gasteiger partial charge on any atom is 0.227 e. The zero-order valence-corrected chi connectivity index (χ0v) is 13.5. The molecule has 6 heteroatoms. The number of carbonyl (C=O) groups excluding carboxylic acids is 1. The van der Waals surface area contributed by atoms with E-state index >= 15 is 0 Å². The molecule has 0 unspecified atom stereocenters. The summed E-state index contributed by atoms with van der Waals surface area (Å²) in [5.41, 5.74) is 0. The number of hydrogen-bond acceptors (Lipinski definition) is 4. The fraction of sp³-hybridized carbons (Fsp3) is 0.643. The summed E-state index contributed by atoms with van der Waals surface area (Å²) >= 11 is 1.56. The molecular formula is C14H21NO3S2. The molecule has 1 aromatic rings. The first-order valence-electron chi connectivity index (χ1n) is 6.86. The van der Waals surface area contributed by atoms with Crippen LogP contribution in [0.25, 0.3) is 0 Å². The zero-order chi connectivity index (χ0) is 14.8. The van der Waals surface area contributed by atoms with Crippen LogP contribution in [0.2, 0.25) is 0 Å². The Hall–Kier alpha value is -0.880. The Bertz CT molecular complexity index is 551. The minimum absolute atomic E-state index is 0.00741. The molecule has 20 heavy (non-hydrogen) atoms. The highest BCUT2D eigenvalue weighted by Crippen LogP contribution is 2.28. The van der Waals surface area contributed by atoms with Crippen molar-refractivity contribution in [2.75, 3.05) is 13.3 Å². The van der Waals surface area contributed by atoms with Crippen LogP contribution in [-0.2, 0) is 21.1 Å². The van der Waals surface area contributed by atoms with Gasteiger partial charge in [-0.3, -0.25) is 4.79 Å². The van der Waals surface area contributed by atoms with Gasteiger partial charge in [-0.2, -0.15) is 0 Å². The van der Waals surface area contributed by atoms with Gasteiger partial charge in [0.05, 0.1) is 11.7 Å². The molecular weight excluding hydrogens is 294 g/mol. The molecule has 1 saturated carbocycles. The fourth-order valence-corrected chi connectivity index (χ4v) is 5.07. The molecule has 0 spiro atoms. The Morgan fingerprint density at radius 1 is 1.40 bits per heavy atom. The average Bonchev–Trinajstić information content (AvgIpc) is 2.89. The molecule has 0 N–H and O–H groups in total. The first-order chi connectivity index (χ1) is 9.39. The predicted molar refractivity (Wildman–Crippen MR) is 81.7 cm³/mol. The van der Waals surface area contributed by atoms with Gasteiger partial charge in [-0.15, -0.1) is 11.3 Å². The number of nitrogens with zero attached hydrogens (tertiary/aromatic N) is 1. The van der Waals surface area contributed by atoms with Crippen molar-refractivity contribution in [1.29, 1.82) is 0 Å². The number of likely N-dealkylation sites (N-methyl/N-ethyl adjacent to an activating group) is 1. The third-order valence-corrected chi connectivity index (χ3v) is 6.54. The van der Waals surface area contributed by atoms with Crippen LogP contribution in [0, 0.1) is 0 Å². The molecule has 4 nitrogen and oxygen atoms in total. The van der Waals surface area contributed by atoms with Gasteiger partial charge < -0.3 is 4.90 Å². The zero-order valence-electron chi connectivity index (χ0n) is 11.9. The van der Waals surface area contributed by atoms with Crippen molar-refractivity contribution < 1.29 is 13.2 Å². The lowest BCUT2D eigenvalue weighted by atomic mass is 9.93. The van der Waals surface area contributed by atoms with Crippen molar-refractivity contribution in [2.24, 2.45) is 0 Å². The molecule has 2 rings (SSSR count). The number of amides is 1. The van der Waals surface area contributed by atoms with Gasteiger partial charge in [0, 0.05) is 24.2 Å². The molecule has 1 fully saturated rings. The normalized spacial score (nSPS) is 23.5. The average molecular weight is 315 g/mol. The van der Waals surface area contributed by atoms with Crippen molar-refractivity contribution in [3.8, 4) is 0 Å². The van der Waals surface area contributed by atoms with Crippen LogP contribution in [0.4, 0.5) is 0 Å². The highest BCUT2D eigenvalue weighted by molar-refractivity contribution is 7.91. The highest BCUT2D eigenvalue weighted by atomic mass is 32.2. The minimum Gasteiger partial charge on any atom is -0.341 e. The SMILES string of the molecule is CN(C(=O)Cc1cccs1)[C@@H]1CCCC[C@H]1S(C)(=O)=O. The van der Waals surface area contributed by atoms with E-state index in [1.807, 2.05) is 17.5 Å². The highest BCUT2D eigenvalue weighted by Gasteiger charge is 2.36. The van der Waals surface area contributed by atoms with E-state index < -0.39 is 15.1 Å². The summed E-state index contributed by atoms with van der Waals surface area (Å²) < 4.78 is 23.8. The molecule has 0 bridgehead atoms. The molecule has 0 saturated heterocycles. The predicted octanol–water partition coefficient (Wildman–Crippen LogP) is 2.10. The van der Waals surface area contributed by atoms with Crippen LogP contribution in [0.15, 0.2) is 17.5 Å². The maximum absolute atomic E-state index is 12.3. The van der Waals surface area contributed by atoms with Crippen LogP contribution in [-0.4, -0.2) is 43.8 Å². The lowest BCUT2D eigenvalue weighted by molar-refractivity contribution is -0.131. The lowest BCUT2D eigenvalue weighted by Crippen LogP contribution is -2.49. The second-order valence-electron chi connectivity index (χ2n) is 5.48. The van der Waals surface area contributed by atoms with Crippen molar-refractivity contribution in [3.05, 3.63) is 22.4 Å². The van der Waals surface area contributed by atoms with E-state index in [0.717, 1.165) is 24.1 Å². The fourth-order valence-electron chi connectivity index (χ4n) is 2.89. The molecule has 2 atom stereocenters. The van der Waals surface area contributed by atoms with E-state index in [1.54, 1.807) is 23.3 Å². The van der Waals surface area contributed by atoms with Crippen LogP contribution < -0.4 is 0 Å². The molecule has 1 heterocycles. The maximum atomic E-state index is 12.3. The second-order valence-corrected chi connectivity index (χ2v) is 8.78. The Balaban J connectivity index is 2.09. The number of hydrogen-bond donors (Lipinski definition) is 0. The third kappa shape index (κ3) is 3.61. The smallest absolute Gasteiger partial charge is 0.227 e. The van der Waals surface area contributed by atoms with Crippen molar-refractivity contribution >= 4 is 27.1 Å². The van der Waals surface area contributed by atoms with E-state index in [9.17, 15) is 13.2 Å². The first-order valence-corrected chi connectivity index (χ1v) is 9.70. The summed E-state index contributed by atoms with van der Waals surface area (Å²) in [6, 6.07) is 3.68. The summed E-state index contributed by atoms with van der Waals surface area (Å²) in [5.74, 6) is 0.00741. The Morgan fingerprint density at radius 2 is 2.10 bits per heavy atom. The third-order valence-electron chi connectivity index (χ3n) is 4.01. The summed E-state index contributed by atoms with van der Waals surface area (Å²) in [5, 5.41) is 1.54. The topological polar surface area (TPSA) is 54.5 Å². The second kappa shape index (κ2) is 6.26. The molecule has 0 aromatic carbocycles. The Labute approximate surface area is 124 Å². The molecule has 112 valence electrons. The van der Waals surface area contributed by atoms with Gasteiger partial charge in [0.1, 0.15) is 0 Å². The van der Waals surface area contributed by atoms with Crippen LogP contribution in [0.1, 0.15) is 30.6 Å². The number of sulfone groups is 1. The van der Waals surface area contributed by atoms with E-state index in [-0.39, 0.29) is 11.9 Å². The number of rotatable bonds is 4. The molecule has 1 aliphatic rings. The monoisotopic (exact) mass is 315 g/mol. The van der Waals surface area contributed by atoms with E-state index in [2.05, 4.69) is 0 Å².